The van der Waals surface area contributed by atoms with Crippen molar-refractivity contribution >= 4 is 0 Å². The summed E-state index contributed by atoms with van der Waals surface area (Å²) in [4.78, 5) is 0. The molecule has 24 heavy (non-hydrogen) atoms. The van der Waals surface area contributed by atoms with Gasteiger partial charge >= 0.3 is 0 Å². The van der Waals surface area contributed by atoms with Crippen molar-refractivity contribution in [2.75, 3.05) is 13.7 Å². The van der Waals surface area contributed by atoms with E-state index in [0.717, 1.165) is 0 Å². The Morgan fingerprint density at radius 1 is 1.12 bits per heavy atom. The molecule has 4 N–H and O–H groups in total. The summed E-state index contributed by atoms with van der Waals surface area (Å²) >= 11 is 0. The van der Waals surface area contributed by atoms with Crippen LogP contribution in [-0.4, -0.2) is 40.2 Å². The summed E-state index contributed by atoms with van der Waals surface area (Å²) in [7, 11) is 1.48. The predicted octanol–water partition coefficient (Wildman–Crippen LogP) is 2.40. The summed E-state index contributed by atoms with van der Waals surface area (Å²) in [5, 5.41) is 39.0. The van der Waals surface area contributed by atoms with Crippen LogP contribution in [0.3, 0.4) is 0 Å². The van der Waals surface area contributed by atoms with E-state index in [1.165, 1.54) is 13.2 Å². The number of aliphatic hydroxyl groups excluding tert-OH is 2. The first-order chi connectivity index (χ1) is 11.5. The zero-order chi connectivity index (χ0) is 17.7. The maximum atomic E-state index is 10.3. The van der Waals surface area contributed by atoms with Crippen molar-refractivity contribution in [1.29, 1.82) is 0 Å². The molecule has 1 atom stereocenters. The minimum atomic E-state index is -0.910. The standard InChI is InChI=1S/C19H22O5/c1-3-4-12-9-13(5-7-16(12)22)18-17(23)8-6-14(19(18)24-2)10-15(21)11-20/h3,5-9,15,20-23H,1,4,10-11H2,2H3/t15-/m0/s1. The molecule has 0 aromatic heterocycles. The second-order valence-corrected chi connectivity index (χ2v) is 5.53. The molecule has 0 bridgehead atoms. The van der Waals surface area contributed by atoms with Gasteiger partial charge in [0, 0.05) is 6.42 Å². The molecule has 2 rings (SSSR count). The Morgan fingerprint density at radius 2 is 1.83 bits per heavy atom. The van der Waals surface area contributed by atoms with Crippen molar-refractivity contribution in [1.82, 2.24) is 0 Å². The molecular formula is C19H22O5. The van der Waals surface area contributed by atoms with Crippen LogP contribution in [0.4, 0.5) is 0 Å². The van der Waals surface area contributed by atoms with E-state index in [0.29, 0.717) is 34.4 Å². The first-order valence-corrected chi connectivity index (χ1v) is 7.62. The number of methoxy groups -OCH3 is 1. The number of aliphatic hydroxyl groups is 2. The lowest BCUT2D eigenvalue weighted by Gasteiger charge is -2.17. The van der Waals surface area contributed by atoms with Gasteiger partial charge in [-0.1, -0.05) is 18.2 Å². The molecule has 0 radical (unpaired) electrons. The minimum Gasteiger partial charge on any atom is -0.508 e. The van der Waals surface area contributed by atoms with Crippen molar-refractivity contribution in [3.63, 3.8) is 0 Å². The number of rotatable bonds is 7. The number of phenolic OH excluding ortho intramolecular Hbond substituents is 2. The maximum absolute atomic E-state index is 10.3. The molecule has 5 nitrogen and oxygen atoms in total. The Hall–Kier alpha value is -2.50. The molecule has 128 valence electrons. The van der Waals surface area contributed by atoms with Crippen molar-refractivity contribution in [3.8, 4) is 28.4 Å². The van der Waals surface area contributed by atoms with Crippen LogP contribution in [0.5, 0.6) is 17.2 Å². The first kappa shape index (κ1) is 17.8. The fourth-order valence-corrected chi connectivity index (χ4v) is 2.67. The monoisotopic (exact) mass is 330 g/mol. The van der Waals surface area contributed by atoms with E-state index >= 15 is 0 Å². The van der Waals surface area contributed by atoms with Crippen LogP contribution in [0.25, 0.3) is 11.1 Å². The Morgan fingerprint density at radius 3 is 2.46 bits per heavy atom. The highest BCUT2D eigenvalue weighted by molar-refractivity contribution is 5.79. The van der Waals surface area contributed by atoms with Gasteiger partial charge in [-0.2, -0.15) is 0 Å². The fourth-order valence-electron chi connectivity index (χ4n) is 2.67. The van der Waals surface area contributed by atoms with Gasteiger partial charge in [0.2, 0.25) is 0 Å². The molecule has 2 aromatic carbocycles. The van der Waals surface area contributed by atoms with Crippen molar-refractivity contribution < 1.29 is 25.2 Å². The second-order valence-electron chi connectivity index (χ2n) is 5.53. The lowest BCUT2D eigenvalue weighted by molar-refractivity contribution is 0.0950. The van der Waals surface area contributed by atoms with Crippen molar-refractivity contribution in [2.24, 2.45) is 0 Å². The zero-order valence-corrected chi connectivity index (χ0v) is 13.6. The molecule has 0 fully saturated rings. The van der Waals surface area contributed by atoms with Crippen LogP contribution in [0.2, 0.25) is 0 Å². The maximum Gasteiger partial charge on any atom is 0.133 e. The molecule has 5 heteroatoms. The molecular weight excluding hydrogens is 308 g/mol. The summed E-state index contributed by atoms with van der Waals surface area (Å²) in [5.74, 6) is 0.617. The topological polar surface area (TPSA) is 90.2 Å². The zero-order valence-electron chi connectivity index (χ0n) is 13.6. The van der Waals surface area contributed by atoms with E-state index < -0.39 is 6.10 Å². The molecule has 0 aliphatic rings. The van der Waals surface area contributed by atoms with Gasteiger partial charge in [-0.05, 0) is 41.3 Å². The Kier molecular flexibility index (Phi) is 5.84. The van der Waals surface area contributed by atoms with E-state index in [4.69, 9.17) is 9.84 Å². The van der Waals surface area contributed by atoms with E-state index in [1.807, 2.05) is 0 Å². The van der Waals surface area contributed by atoms with Gasteiger partial charge in [0.1, 0.15) is 17.2 Å². The summed E-state index contributed by atoms with van der Waals surface area (Å²) in [6.07, 6.45) is 1.47. The Labute approximate surface area is 141 Å². The van der Waals surface area contributed by atoms with E-state index in [-0.39, 0.29) is 24.5 Å². The third-order valence-electron chi connectivity index (χ3n) is 3.82. The number of aromatic hydroxyl groups is 2. The average molecular weight is 330 g/mol. The third kappa shape index (κ3) is 3.69. The first-order valence-electron chi connectivity index (χ1n) is 7.62. The average Bonchev–Trinajstić information content (AvgIpc) is 2.58. The van der Waals surface area contributed by atoms with Gasteiger partial charge in [0.15, 0.2) is 0 Å². The minimum absolute atomic E-state index is 0.0318. The summed E-state index contributed by atoms with van der Waals surface area (Å²) in [5.41, 5.74) is 2.51. The third-order valence-corrected chi connectivity index (χ3v) is 3.82. The number of hydrogen-bond acceptors (Lipinski definition) is 5. The molecule has 0 aliphatic heterocycles. The SMILES string of the molecule is C=CCc1cc(-c2c(O)ccc(C[C@H](O)CO)c2OC)ccc1O. The van der Waals surface area contributed by atoms with Crippen molar-refractivity contribution in [3.05, 3.63) is 54.1 Å². The number of allylic oxidation sites excluding steroid dienone is 1. The van der Waals surface area contributed by atoms with Gasteiger partial charge in [-0.25, -0.2) is 0 Å². The molecule has 2 aromatic rings. The highest BCUT2D eigenvalue weighted by Crippen LogP contribution is 2.41. The van der Waals surface area contributed by atoms with Crippen LogP contribution in [-0.2, 0) is 12.8 Å². The van der Waals surface area contributed by atoms with Crippen LogP contribution >= 0.6 is 0 Å². The van der Waals surface area contributed by atoms with Gasteiger partial charge in [-0.15, -0.1) is 6.58 Å². The summed E-state index contributed by atoms with van der Waals surface area (Å²) in [6, 6.07) is 8.19. The summed E-state index contributed by atoms with van der Waals surface area (Å²) in [6.45, 7) is 3.31. The number of hydrogen-bond donors (Lipinski definition) is 4. The molecule has 0 amide bonds. The van der Waals surface area contributed by atoms with Crippen molar-refractivity contribution in [2.45, 2.75) is 18.9 Å². The fraction of sp³-hybridized carbons (Fsp3) is 0.263. The highest BCUT2D eigenvalue weighted by Gasteiger charge is 2.18. The van der Waals surface area contributed by atoms with Crippen LogP contribution in [0.1, 0.15) is 11.1 Å². The molecule has 0 heterocycles. The van der Waals surface area contributed by atoms with Crippen LogP contribution in [0, 0.1) is 0 Å². The second kappa shape index (κ2) is 7.86. The smallest absolute Gasteiger partial charge is 0.133 e. The quantitative estimate of drug-likeness (QED) is 0.585. The molecule has 0 aliphatic carbocycles. The van der Waals surface area contributed by atoms with Gasteiger partial charge in [-0.3, -0.25) is 0 Å². The molecule has 0 saturated heterocycles. The number of ether oxygens (including phenoxy) is 1. The molecule has 0 unspecified atom stereocenters. The predicted molar refractivity (Wildman–Crippen MR) is 92.5 cm³/mol. The highest BCUT2D eigenvalue weighted by atomic mass is 16.5. The Bertz CT molecular complexity index is 724. The number of phenols is 2. The van der Waals surface area contributed by atoms with Crippen LogP contribution < -0.4 is 4.74 Å². The lowest BCUT2D eigenvalue weighted by atomic mass is 9.95. The molecule has 0 spiro atoms. The van der Waals surface area contributed by atoms with E-state index in [9.17, 15) is 15.3 Å². The van der Waals surface area contributed by atoms with Gasteiger partial charge < -0.3 is 25.2 Å². The molecule has 0 saturated carbocycles. The normalized spacial score (nSPS) is 12.0. The largest absolute Gasteiger partial charge is 0.508 e. The van der Waals surface area contributed by atoms with E-state index in [2.05, 4.69) is 6.58 Å². The lowest BCUT2D eigenvalue weighted by Crippen LogP contribution is -2.15. The van der Waals surface area contributed by atoms with Gasteiger partial charge in [0.05, 0.1) is 25.4 Å². The summed E-state index contributed by atoms with van der Waals surface area (Å²) < 4.78 is 5.45. The Balaban J connectivity index is 2.58. The van der Waals surface area contributed by atoms with Gasteiger partial charge in [0.25, 0.3) is 0 Å². The van der Waals surface area contributed by atoms with E-state index in [1.54, 1.807) is 30.3 Å². The number of benzene rings is 2. The van der Waals surface area contributed by atoms with Crippen LogP contribution in [0.15, 0.2) is 43.0 Å².